The SMILES string of the molecule is COc1ccc(C(C)C)cc1NC1CCC(O)CC1. The summed E-state index contributed by atoms with van der Waals surface area (Å²) in [6, 6.07) is 6.79. The van der Waals surface area contributed by atoms with Gasteiger partial charge in [0.15, 0.2) is 0 Å². The fourth-order valence-corrected chi connectivity index (χ4v) is 2.64. The predicted molar refractivity (Wildman–Crippen MR) is 79.0 cm³/mol. The third-order valence-electron chi connectivity index (χ3n) is 3.95. The Morgan fingerprint density at radius 2 is 1.89 bits per heavy atom. The molecule has 0 aliphatic heterocycles. The number of methoxy groups -OCH3 is 1. The summed E-state index contributed by atoms with van der Waals surface area (Å²) in [5, 5.41) is 13.1. The molecule has 0 radical (unpaired) electrons. The monoisotopic (exact) mass is 263 g/mol. The summed E-state index contributed by atoms with van der Waals surface area (Å²) in [5.41, 5.74) is 2.40. The van der Waals surface area contributed by atoms with Gasteiger partial charge in [-0.2, -0.15) is 0 Å². The van der Waals surface area contributed by atoms with E-state index < -0.39 is 0 Å². The Labute approximate surface area is 116 Å². The van der Waals surface area contributed by atoms with Crippen LogP contribution in [0.5, 0.6) is 5.75 Å². The van der Waals surface area contributed by atoms with Gasteiger partial charge >= 0.3 is 0 Å². The Morgan fingerprint density at radius 3 is 2.47 bits per heavy atom. The van der Waals surface area contributed by atoms with E-state index in [-0.39, 0.29) is 6.10 Å². The lowest BCUT2D eigenvalue weighted by molar-refractivity contribution is 0.126. The Balaban J connectivity index is 2.11. The summed E-state index contributed by atoms with van der Waals surface area (Å²) >= 11 is 0. The number of rotatable bonds is 4. The molecule has 3 heteroatoms. The van der Waals surface area contributed by atoms with E-state index in [4.69, 9.17) is 4.74 Å². The first-order valence-corrected chi connectivity index (χ1v) is 7.22. The van der Waals surface area contributed by atoms with Crippen LogP contribution in [0.2, 0.25) is 0 Å². The van der Waals surface area contributed by atoms with Gasteiger partial charge in [-0.1, -0.05) is 19.9 Å². The normalized spacial score (nSPS) is 23.4. The van der Waals surface area contributed by atoms with Gasteiger partial charge in [0, 0.05) is 6.04 Å². The Kier molecular flexibility index (Phi) is 4.70. The van der Waals surface area contributed by atoms with Crippen LogP contribution < -0.4 is 10.1 Å². The van der Waals surface area contributed by atoms with Crippen LogP contribution in [0.1, 0.15) is 51.0 Å². The number of aliphatic hydroxyl groups excluding tert-OH is 1. The number of ether oxygens (including phenoxy) is 1. The minimum absolute atomic E-state index is 0.109. The van der Waals surface area contributed by atoms with Crippen LogP contribution in [-0.2, 0) is 0 Å². The molecule has 1 aliphatic carbocycles. The zero-order valence-electron chi connectivity index (χ0n) is 12.1. The number of nitrogens with one attached hydrogen (secondary N) is 1. The van der Waals surface area contributed by atoms with Gasteiger partial charge in [-0.3, -0.25) is 0 Å². The van der Waals surface area contributed by atoms with E-state index in [1.54, 1.807) is 7.11 Å². The van der Waals surface area contributed by atoms with Gasteiger partial charge < -0.3 is 15.2 Å². The molecule has 0 bridgehead atoms. The highest BCUT2D eigenvalue weighted by atomic mass is 16.5. The summed E-state index contributed by atoms with van der Waals surface area (Å²) < 4.78 is 5.43. The molecule has 2 N–H and O–H groups in total. The van der Waals surface area contributed by atoms with E-state index in [0.717, 1.165) is 37.1 Å². The largest absolute Gasteiger partial charge is 0.495 e. The number of aliphatic hydroxyl groups is 1. The molecule has 1 aromatic rings. The summed E-state index contributed by atoms with van der Waals surface area (Å²) in [6.07, 6.45) is 3.72. The highest BCUT2D eigenvalue weighted by Gasteiger charge is 2.20. The molecule has 1 aromatic carbocycles. The first-order chi connectivity index (χ1) is 9.10. The first-order valence-electron chi connectivity index (χ1n) is 7.22. The molecule has 106 valence electrons. The number of hydrogen-bond acceptors (Lipinski definition) is 3. The Hall–Kier alpha value is -1.22. The standard InChI is InChI=1S/C16H25NO2/c1-11(2)12-4-9-16(19-3)15(10-12)17-13-5-7-14(18)8-6-13/h4,9-11,13-14,17-18H,5-8H2,1-3H3. The molecular formula is C16H25NO2. The molecule has 0 aromatic heterocycles. The molecule has 1 fully saturated rings. The lowest BCUT2D eigenvalue weighted by atomic mass is 9.92. The van der Waals surface area contributed by atoms with Crippen LogP contribution in [0.25, 0.3) is 0 Å². The Bertz CT molecular complexity index is 409. The summed E-state index contributed by atoms with van der Waals surface area (Å²) in [6.45, 7) is 4.39. The summed E-state index contributed by atoms with van der Waals surface area (Å²) in [4.78, 5) is 0. The smallest absolute Gasteiger partial charge is 0.141 e. The second-order valence-corrected chi connectivity index (χ2v) is 5.76. The summed E-state index contributed by atoms with van der Waals surface area (Å²) in [5.74, 6) is 1.41. The van der Waals surface area contributed by atoms with Crippen molar-refractivity contribution in [3.63, 3.8) is 0 Å². The molecular weight excluding hydrogens is 238 g/mol. The lowest BCUT2D eigenvalue weighted by Crippen LogP contribution is -2.28. The Morgan fingerprint density at radius 1 is 1.21 bits per heavy atom. The highest BCUT2D eigenvalue weighted by molar-refractivity contribution is 5.59. The second-order valence-electron chi connectivity index (χ2n) is 5.76. The van der Waals surface area contributed by atoms with Crippen molar-refractivity contribution < 1.29 is 9.84 Å². The quantitative estimate of drug-likeness (QED) is 0.873. The van der Waals surface area contributed by atoms with Crippen molar-refractivity contribution in [2.24, 2.45) is 0 Å². The second kappa shape index (κ2) is 6.29. The molecule has 0 atom stereocenters. The average Bonchev–Trinajstić information content (AvgIpc) is 2.41. The topological polar surface area (TPSA) is 41.5 Å². The van der Waals surface area contributed by atoms with Crippen molar-refractivity contribution in [2.45, 2.75) is 57.6 Å². The van der Waals surface area contributed by atoms with Crippen molar-refractivity contribution in [1.82, 2.24) is 0 Å². The highest BCUT2D eigenvalue weighted by Crippen LogP contribution is 2.31. The molecule has 3 nitrogen and oxygen atoms in total. The summed E-state index contributed by atoms with van der Waals surface area (Å²) in [7, 11) is 1.71. The maximum absolute atomic E-state index is 9.56. The van der Waals surface area contributed by atoms with E-state index >= 15 is 0 Å². The van der Waals surface area contributed by atoms with Crippen molar-refractivity contribution in [3.05, 3.63) is 23.8 Å². The third kappa shape index (κ3) is 3.63. The van der Waals surface area contributed by atoms with E-state index in [1.807, 2.05) is 6.07 Å². The van der Waals surface area contributed by atoms with Gasteiger partial charge in [0.25, 0.3) is 0 Å². The van der Waals surface area contributed by atoms with Gasteiger partial charge in [0.1, 0.15) is 5.75 Å². The fraction of sp³-hybridized carbons (Fsp3) is 0.625. The number of hydrogen-bond donors (Lipinski definition) is 2. The number of anilines is 1. The third-order valence-corrected chi connectivity index (χ3v) is 3.95. The van der Waals surface area contributed by atoms with Gasteiger partial charge in [-0.25, -0.2) is 0 Å². The maximum atomic E-state index is 9.56. The van der Waals surface area contributed by atoms with Crippen molar-refractivity contribution >= 4 is 5.69 Å². The van der Waals surface area contributed by atoms with Crippen LogP contribution in [0.3, 0.4) is 0 Å². The average molecular weight is 263 g/mol. The molecule has 0 amide bonds. The van der Waals surface area contributed by atoms with Gasteiger partial charge in [0.2, 0.25) is 0 Å². The first kappa shape index (κ1) is 14.2. The molecule has 19 heavy (non-hydrogen) atoms. The van der Waals surface area contributed by atoms with Gasteiger partial charge in [-0.15, -0.1) is 0 Å². The number of benzene rings is 1. The van der Waals surface area contributed by atoms with Crippen LogP contribution in [-0.4, -0.2) is 24.4 Å². The molecule has 0 heterocycles. The van der Waals surface area contributed by atoms with Crippen LogP contribution in [0.15, 0.2) is 18.2 Å². The molecule has 1 aliphatic rings. The van der Waals surface area contributed by atoms with Gasteiger partial charge in [-0.05, 0) is 49.3 Å². The van der Waals surface area contributed by atoms with E-state index in [9.17, 15) is 5.11 Å². The maximum Gasteiger partial charge on any atom is 0.141 e. The minimum Gasteiger partial charge on any atom is -0.495 e. The zero-order chi connectivity index (χ0) is 13.8. The minimum atomic E-state index is -0.109. The van der Waals surface area contributed by atoms with Crippen molar-refractivity contribution in [3.8, 4) is 5.75 Å². The van der Waals surface area contributed by atoms with Gasteiger partial charge in [0.05, 0.1) is 18.9 Å². The van der Waals surface area contributed by atoms with Crippen molar-refractivity contribution in [1.29, 1.82) is 0 Å². The fourth-order valence-electron chi connectivity index (χ4n) is 2.64. The molecule has 0 unspecified atom stereocenters. The molecule has 2 rings (SSSR count). The molecule has 0 spiro atoms. The van der Waals surface area contributed by atoms with E-state index in [1.165, 1.54) is 5.56 Å². The van der Waals surface area contributed by atoms with Crippen LogP contribution >= 0.6 is 0 Å². The molecule has 0 saturated heterocycles. The lowest BCUT2D eigenvalue weighted by Gasteiger charge is -2.28. The molecule has 1 saturated carbocycles. The van der Waals surface area contributed by atoms with E-state index in [2.05, 4.69) is 31.3 Å². The van der Waals surface area contributed by atoms with E-state index in [0.29, 0.717) is 12.0 Å². The van der Waals surface area contributed by atoms with Crippen LogP contribution in [0.4, 0.5) is 5.69 Å². The van der Waals surface area contributed by atoms with Crippen molar-refractivity contribution in [2.75, 3.05) is 12.4 Å². The predicted octanol–water partition coefficient (Wildman–Crippen LogP) is 3.53. The van der Waals surface area contributed by atoms with Crippen LogP contribution in [0, 0.1) is 0 Å². The zero-order valence-corrected chi connectivity index (χ0v) is 12.1.